The molecule has 1 aliphatic heterocycles. The Morgan fingerprint density at radius 2 is 2.14 bits per heavy atom. The molecule has 1 atom stereocenters. The second-order valence-electron chi connectivity index (χ2n) is 5.25. The van der Waals surface area contributed by atoms with Gasteiger partial charge in [0.05, 0.1) is 5.69 Å². The van der Waals surface area contributed by atoms with Crippen molar-refractivity contribution in [1.82, 2.24) is 10.2 Å². The summed E-state index contributed by atoms with van der Waals surface area (Å²) < 4.78 is 13.7. The number of aryl methyl sites for hydroxylation is 1. The predicted molar refractivity (Wildman–Crippen MR) is 78.7 cm³/mol. The minimum Gasteiger partial charge on any atom is -0.326 e. The summed E-state index contributed by atoms with van der Waals surface area (Å²) in [7, 11) is 0. The van der Waals surface area contributed by atoms with Gasteiger partial charge in [-0.2, -0.15) is 0 Å². The minimum absolute atomic E-state index is 0.0211. The zero-order chi connectivity index (χ0) is 16.3. The number of urea groups is 1. The summed E-state index contributed by atoms with van der Waals surface area (Å²) in [6.07, 6.45) is 1.26. The van der Waals surface area contributed by atoms with Crippen LogP contribution in [-0.4, -0.2) is 35.3 Å². The van der Waals surface area contributed by atoms with Crippen LogP contribution in [0.4, 0.5) is 14.9 Å². The van der Waals surface area contributed by atoms with Gasteiger partial charge in [-0.25, -0.2) is 9.18 Å². The van der Waals surface area contributed by atoms with Crippen molar-refractivity contribution in [1.29, 1.82) is 0 Å². The van der Waals surface area contributed by atoms with Gasteiger partial charge in [0.15, 0.2) is 0 Å². The number of anilines is 1. The van der Waals surface area contributed by atoms with E-state index in [-0.39, 0.29) is 5.69 Å². The van der Waals surface area contributed by atoms with Crippen molar-refractivity contribution in [3.8, 4) is 0 Å². The number of hydrogen-bond acceptors (Lipinski definition) is 3. The molecule has 0 radical (unpaired) electrons. The van der Waals surface area contributed by atoms with Gasteiger partial charge in [-0.1, -0.05) is 19.4 Å². The van der Waals surface area contributed by atoms with Crippen LogP contribution in [0.1, 0.15) is 25.3 Å². The maximum Gasteiger partial charge on any atom is 0.325 e. The third-order valence-corrected chi connectivity index (χ3v) is 3.38. The maximum absolute atomic E-state index is 13.7. The van der Waals surface area contributed by atoms with Crippen molar-refractivity contribution in [3.63, 3.8) is 0 Å². The average molecular weight is 307 g/mol. The van der Waals surface area contributed by atoms with Crippen molar-refractivity contribution in [3.05, 3.63) is 29.6 Å². The van der Waals surface area contributed by atoms with Crippen molar-refractivity contribution < 1.29 is 18.8 Å². The second-order valence-corrected chi connectivity index (χ2v) is 5.25. The third-order valence-electron chi connectivity index (χ3n) is 3.38. The SMILES string of the molecule is CCCC1NC(=O)N(CC(=O)Nc2ccc(C)cc2F)C1=O. The van der Waals surface area contributed by atoms with Gasteiger partial charge in [0.2, 0.25) is 5.91 Å². The van der Waals surface area contributed by atoms with Crippen molar-refractivity contribution in [2.75, 3.05) is 11.9 Å². The molecule has 1 aliphatic rings. The van der Waals surface area contributed by atoms with Gasteiger partial charge >= 0.3 is 6.03 Å². The molecule has 7 heteroatoms. The van der Waals surface area contributed by atoms with Crippen molar-refractivity contribution >= 4 is 23.5 Å². The lowest BCUT2D eigenvalue weighted by atomic mass is 10.2. The number of carbonyl (C=O) groups is 3. The highest BCUT2D eigenvalue weighted by molar-refractivity contribution is 6.07. The Morgan fingerprint density at radius 1 is 1.41 bits per heavy atom. The number of amides is 4. The Bertz CT molecular complexity index is 618. The largest absolute Gasteiger partial charge is 0.326 e. The summed E-state index contributed by atoms with van der Waals surface area (Å²) in [6, 6.07) is 3.21. The van der Waals surface area contributed by atoms with E-state index in [1.54, 1.807) is 13.0 Å². The van der Waals surface area contributed by atoms with E-state index < -0.39 is 36.2 Å². The highest BCUT2D eigenvalue weighted by Crippen LogP contribution is 2.16. The van der Waals surface area contributed by atoms with E-state index in [4.69, 9.17) is 0 Å². The first-order valence-corrected chi connectivity index (χ1v) is 7.10. The zero-order valence-electron chi connectivity index (χ0n) is 12.5. The number of hydrogen-bond donors (Lipinski definition) is 2. The molecule has 0 bridgehead atoms. The lowest BCUT2D eigenvalue weighted by Crippen LogP contribution is -2.38. The number of nitrogens with zero attached hydrogens (tertiary/aromatic N) is 1. The first-order valence-electron chi connectivity index (χ1n) is 7.10. The molecule has 1 saturated heterocycles. The van der Waals surface area contributed by atoms with Gasteiger partial charge in [0, 0.05) is 0 Å². The van der Waals surface area contributed by atoms with Crippen LogP contribution in [0.3, 0.4) is 0 Å². The molecule has 1 unspecified atom stereocenters. The van der Waals surface area contributed by atoms with Gasteiger partial charge in [0.25, 0.3) is 5.91 Å². The molecule has 1 aromatic rings. The molecule has 0 aliphatic carbocycles. The van der Waals surface area contributed by atoms with Crippen LogP contribution in [0.5, 0.6) is 0 Å². The molecule has 0 spiro atoms. The molecule has 6 nitrogen and oxygen atoms in total. The number of carbonyl (C=O) groups excluding carboxylic acids is 3. The first kappa shape index (κ1) is 15.9. The van der Waals surface area contributed by atoms with Crippen molar-refractivity contribution in [2.45, 2.75) is 32.7 Å². The van der Waals surface area contributed by atoms with Gasteiger partial charge in [-0.15, -0.1) is 0 Å². The summed E-state index contributed by atoms with van der Waals surface area (Å²) in [5.74, 6) is -1.61. The van der Waals surface area contributed by atoms with Gasteiger partial charge in [0.1, 0.15) is 18.4 Å². The number of benzene rings is 1. The second kappa shape index (κ2) is 6.55. The monoisotopic (exact) mass is 307 g/mol. The Hall–Kier alpha value is -2.44. The average Bonchev–Trinajstić information content (AvgIpc) is 2.70. The van der Waals surface area contributed by atoms with Gasteiger partial charge in [-0.05, 0) is 31.0 Å². The minimum atomic E-state index is -0.622. The van der Waals surface area contributed by atoms with Crippen LogP contribution >= 0.6 is 0 Å². The van der Waals surface area contributed by atoms with Crippen LogP contribution < -0.4 is 10.6 Å². The maximum atomic E-state index is 13.7. The molecule has 2 rings (SSSR count). The number of halogens is 1. The van der Waals surface area contributed by atoms with E-state index in [0.29, 0.717) is 6.42 Å². The standard InChI is InChI=1S/C15H18FN3O3/c1-3-4-12-14(21)19(15(22)18-12)8-13(20)17-11-6-5-9(2)7-10(11)16/h5-7,12H,3-4,8H2,1-2H3,(H,17,20)(H,18,22). The lowest BCUT2D eigenvalue weighted by molar-refractivity contribution is -0.130. The van der Waals surface area contributed by atoms with Crippen molar-refractivity contribution in [2.24, 2.45) is 0 Å². The first-order chi connectivity index (χ1) is 10.4. The topological polar surface area (TPSA) is 78.5 Å². The highest BCUT2D eigenvalue weighted by Gasteiger charge is 2.38. The van der Waals surface area contributed by atoms with Gasteiger partial charge < -0.3 is 10.6 Å². The Morgan fingerprint density at radius 3 is 2.77 bits per heavy atom. The third kappa shape index (κ3) is 3.41. The summed E-state index contributed by atoms with van der Waals surface area (Å²) in [6.45, 7) is 3.20. The molecule has 2 N–H and O–H groups in total. The van der Waals surface area contributed by atoms with Crippen LogP contribution in [-0.2, 0) is 9.59 Å². The molecule has 118 valence electrons. The fourth-order valence-corrected chi connectivity index (χ4v) is 2.27. The number of imide groups is 1. The molecular formula is C15H18FN3O3. The molecule has 0 saturated carbocycles. The summed E-state index contributed by atoms with van der Waals surface area (Å²) in [4.78, 5) is 36.5. The van der Waals surface area contributed by atoms with Crippen LogP contribution in [0.15, 0.2) is 18.2 Å². The molecule has 1 heterocycles. The quantitative estimate of drug-likeness (QED) is 0.814. The lowest BCUT2D eigenvalue weighted by Gasteiger charge is -2.13. The summed E-state index contributed by atoms with van der Waals surface area (Å²) >= 11 is 0. The Labute approximate surface area is 127 Å². The van der Waals surface area contributed by atoms with Crippen LogP contribution in [0, 0.1) is 12.7 Å². The van der Waals surface area contributed by atoms with E-state index >= 15 is 0 Å². The molecule has 0 aromatic heterocycles. The normalized spacial score (nSPS) is 17.6. The number of rotatable bonds is 5. The Kier molecular flexibility index (Phi) is 4.75. The van der Waals surface area contributed by atoms with Crippen LogP contribution in [0.2, 0.25) is 0 Å². The fourth-order valence-electron chi connectivity index (χ4n) is 2.27. The smallest absolute Gasteiger partial charge is 0.325 e. The molecular weight excluding hydrogens is 289 g/mol. The molecule has 1 fully saturated rings. The van der Waals surface area contributed by atoms with E-state index in [0.717, 1.165) is 16.9 Å². The predicted octanol–water partition coefficient (Wildman–Crippen LogP) is 1.79. The summed E-state index contributed by atoms with van der Waals surface area (Å²) in [5, 5.41) is 4.89. The molecule has 22 heavy (non-hydrogen) atoms. The van der Waals surface area contributed by atoms with Crippen LogP contribution in [0.25, 0.3) is 0 Å². The number of nitrogens with one attached hydrogen (secondary N) is 2. The summed E-state index contributed by atoms with van der Waals surface area (Å²) in [5.41, 5.74) is 0.750. The molecule has 1 aromatic carbocycles. The van der Waals surface area contributed by atoms with Gasteiger partial charge in [-0.3, -0.25) is 14.5 Å². The molecule has 4 amide bonds. The fraction of sp³-hybridized carbons (Fsp3) is 0.400. The zero-order valence-corrected chi connectivity index (χ0v) is 12.5. The van der Waals surface area contributed by atoms with E-state index in [1.165, 1.54) is 12.1 Å². The highest BCUT2D eigenvalue weighted by atomic mass is 19.1. The Balaban J connectivity index is 2.00. The van der Waals surface area contributed by atoms with E-state index in [2.05, 4.69) is 10.6 Å². The van der Waals surface area contributed by atoms with E-state index in [1.807, 2.05) is 6.92 Å². The van der Waals surface area contributed by atoms with E-state index in [9.17, 15) is 18.8 Å².